The first-order valence-corrected chi connectivity index (χ1v) is 9.45. The summed E-state index contributed by atoms with van der Waals surface area (Å²) < 4.78 is 22.4. The minimum atomic E-state index is -2.86. The lowest BCUT2D eigenvalue weighted by Crippen LogP contribution is -2.38. The van der Waals surface area contributed by atoms with E-state index in [1.54, 1.807) is 0 Å². The highest BCUT2D eigenvalue weighted by Gasteiger charge is 2.34. The first-order valence-electron chi connectivity index (χ1n) is 7.39. The van der Waals surface area contributed by atoms with Gasteiger partial charge in [-0.2, -0.15) is 0 Å². The largest absolute Gasteiger partial charge is 0.327 e. The molecule has 2 aliphatic carbocycles. The van der Waals surface area contributed by atoms with E-state index in [0.29, 0.717) is 12.3 Å². The zero-order valence-electron chi connectivity index (χ0n) is 11.5. The molecule has 18 heavy (non-hydrogen) atoms. The van der Waals surface area contributed by atoms with Gasteiger partial charge in [0, 0.05) is 12.3 Å². The van der Waals surface area contributed by atoms with Gasteiger partial charge in [-0.15, -0.1) is 0 Å². The van der Waals surface area contributed by atoms with Gasteiger partial charge in [-0.05, 0) is 43.4 Å². The summed E-state index contributed by atoms with van der Waals surface area (Å²) in [5, 5.41) is 0. The van der Waals surface area contributed by atoms with Gasteiger partial charge in [-0.1, -0.05) is 25.7 Å². The van der Waals surface area contributed by atoms with Gasteiger partial charge in [0.2, 0.25) is 0 Å². The van der Waals surface area contributed by atoms with Crippen molar-refractivity contribution in [2.24, 2.45) is 23.5 Å². The second-order valence-corrected chi connectivity index (χ2v) is 8.72. The van der Waals surface area contributed by atoms with Gasteiger partial charge in [0.05, 0.1) is 5.75 Å². The van der Waals surface area contributed by atoms with Crippen LogP contribution in [0.4, 0.5) is 0 Å². The summed E-state index contributed by atoms with van der Waals surface area (Å²) in [6.07, 6.45) is 11.3. The smallest absolute Gasteiger partial charge is 0.147 e. The molecule has 0 bridgehead atoms. The van der Waals surface area contributed by atoms with Crippen LogP contribution in [0.15, 0.2) is 0 Å². The molecule has 0 aromatic heterocycles. The zero-order valence-corrected chi connectivity index (χ0v) is 12.3. The Morgan fingerprint density at radius 2 is 1.78 bits per heavy atom. The highest BCUT2D eigenvalue weighted by atomic mass is 32.2. The Morgan fingerprint density at radius 1 is 1.11 bits per heavy atom. The van der Waals surface area contributed by atoms with Crippen LogP contribution in [-0.2, 0) is 9.84 Å². The fourth-order valence-corrected chi connectivity index (χ4v) is 4.58. The van der Waals surface area contributed by atoms with Gasteiger partial charge < -0.3 is 5.73 Å². The number of fused-ring (bicyclic) bond motifs is 1. The first-order chi connectivity index (χ1) is 8.46. The van der Waals surface area contributed by atoms with Crippen LogP contribution < -0.4 is 5.73 Å². The predicted octanol–water partition coefficient (Wildman–Crippen LogP) is 2.35. The highest BCUT2D eigenvalue weighted by Crippen LogP contribution is 2.43. The Balaban J connectivity index is 1.82. The monoisotopic (exact) mass is 273 g/mol. The second-order valence-electron chi connectivity index (χ2n) is 6.46. The quantitative estimate of drug-likeness (QED) is 0.855. The molecule has 2 fully saturated rings. The molecule has 2 rings (SSSR count). The van der Waals surface area contributed by atoms with Gasteiger partial charge in [0.25, 0.3) is 0 Å². The fourth-order valence-electron chi connectivity index (χ4n) is 3.88. The van der Waals surface area contributed by atoms with E-state index in [1.807, 2.05) is 0 Å². The summed E-state index contributed by atoms with van der Waals surface area (Å²) in [5.74, 6) is 2.63. The van der Waals surface area contributed by atoms with E-state index in [2.05, 4.69) is 0 Å². The molecule has 0 heterocycles. The van der Waals surface area contributed by atoms with Crippen molar-refractivity contribution in [2.75, 3.05) is 12.0 Å². The minimum Gasteiger partial charge on any atom is -0.327 e. The van der Waals surface area contributed by atoms with Crippen molar-refractivity contribution < 1.29 is 8.42 Å². The Bertz CT molecular complexity index is 366. The molecule has 4 heteroatoms. The number of rotatable bonds is 4. The normalized spacial score (nSPS) is 34.9. The predicted molar refractivity (Wildman–Crippen MR) is 75.1 cm³/mol. The first kappa shape index (κ1) is 14.3. The van der Waals surface area contributed by atoms with Crippen LogP contribution in [0, 0.1) is 17.8 Å². The van der Waals surface area contributed by atoms with Crippen LogP contribution in [0.25, 0.3) is 0 Å². The van der Waals surface area contributed by atoms with Gasteiger partial charge in [0.15, 0.2) is 0 Å². The molecule has 0 aromatic carbocycles. The Hall–Kier alpha value is -0.0900. The Kier molecular flexibility index (Phi) is 4.70. The van der Waals surface area contributed by atoms with Crippen LogP contribution in [0.5, 0.6) is 0 Å². The Labute approximate surface area is 111 Å². The summed E-state index contributed by atoms with van der Waals surface area (Å²) in [6.45, 7) is 0. The van der Waals surface area contributed by atoms with Gasteiger partial charge in [-0.3, -0.25) is 0 Å². The molecule has 0 aliphatic heterocycles. The zero-order chi connectivity index (χ0) is 13.2. The summed E-state index contributed by atoms with van der Waals surface area (Å²) in [5.41, 5.74) is 6.21. The lowest BCUT2D eigenvalue weighted by molar-refractivity contribution is 0.116. The minimum absolute atomic E-state index is 0.0857. The van der Waals surface area contributed by atoms with E-state index in [0.717, 1.165) is 11.8 Å². The van der Waals surface area contributed by atoms with E-state index < -0.39 is 9.84 Å². The van der Waals surface area contributed by atoms with E-state index in [1.165, 1.54) is 51.2 Å². The van der Waals surface area contributed by atoms with Crippen molar-refractivity contribution in [1.29, 1.82) is 0 Å². The molecule has 0 aromatic rings. The third-order valence-corrected chi connectivity index (χ3v) is 5.99. The van der Waals surface area contributed by atoms with Crippen LogP contribution in [-0.4, -0.2) is 26.5 Å². The van der Waals surface area contributed by atoms with Gasteiger partial charge in [-0.25, -0.2) is 8.42 Å². The van der Waals surface area contributed by atoms with Gasteiger partial charge in [0.1, 0.15) is 9.84 Å². The molecule has 0 spiro atoms. The number of nitrogens with two attached hydrogens (primary N) is 1. The Morgan fingerprint density at radius 3 is 2.44 bits per heavy atom. The van der Waals surface area contributed by atoms with Crippen molar-refractivity contribution in [1.82, 2.24) is 0 Å². The second kappa shape index (κ2) is 5.91. The molecule has 2 aliphatic rings. The van der Waals surface area contributed by atoms with Crippen LogP contribution >= 0.6 is 0 Å². The lowest BCUT2D eigenvalue weighted by Gasteiger charge is -2.41. The van der Waals surface area contributed by atoms with E-state index in [-0.39, 0.29) is 11.8 Å². The standard InChI is InChI=1S/C14H27NO2S/c1-18(16,17)9-8-14(15)13-7-6-11-4-2-3-5-12(11)10-13/h11-14H,2-10,15H2,1H3. The van der Waals surface area contributed by atoms with Crippen molar-refractivity contribution in [3.8, 4) is 0 Å². The SMILES string of the molecule is CS(=O)(=O)CCC(N)C1CCC2CCCCC2C1. The van der Waals surface area contributed by atoms with E-state index in [9.17, 15) is 8.42 Å². The highest BCUT2D eigenvalue weighted by molar-refractivity contribution is 7.90. The molecular weight excluding hydrogens is 246 g/mol. The summed E-state index contributed by atoms with van der Waals surface area (Å²) in [7, 11) is -2.86. The van der Waals surface area contributed by atoms with Crippen molar-refractivity contribution in [3.05, 3.63) is 0 Å². The molecule has 0 radical (unpaired) electrons. The molecule has 3 nitrogen and oxygen atoms in total. The molecule has 2 saturated carbocycles. The van der Waals surface area contributed by atoms with Crippen LogP contribution in [0.1, 0.15) is 51.4 Å². The lowest BCUT2D eigenvalue weighted by atomic mass is 9.66. The van der Waals surface area contributed by atoms with Crippen LogP contribution in [0.2, 0.25) is 0 Å². The molecule has 0 amide bonds. The number of sulfone groups is 1. The van der Waals surface area contributed by atoms with Crippen molar-refractivity contribution in [3.63, 3.8) is 0 Å². The van der Waals surface area contributed by atoms with Crippen molar-refractivity contribution in [2.45, 2.75) is 57.4 Å². The molecule has 0 saturated heterocycles. The molecule has 4 unspecified atom stereocenters. The average molecular weight is 273 g/mol. The molecule has 4 atom stereocenters. The maximum atomic E-state index is 11.2. The summed E-state index contributed by atoms with van der Waals surface area (Å²) >= 11 is 0. The molecule has 106 valence electrons. The summed E-state index contributed by atoms with van der Waals surface area (Å²) in [6, 6.07) is 0.0857. The topological polar surface area (TPSA) is 60.2 Å². The van der Waals surface area contributed by atoms with E-state index >= 15 is 0 Å². The number of hydrogen-bond acceptors (Lipinski definition) is 3. The van der Waals surface area contributed by atoms with Crippen LogP contribution in [0.3, 0.4) is 0 Å². The average Bonchev–Trinajstić information content (AvgIpc) is 2.34. The van der Waals surface area contributed by atoms with Gasteiger partial charge >= 0.3 is 0 Å². The van der Waals surface area contributed by atoms with E-state index in [4.69, 9.17) is 5.73 Å². The van der Waals surface area contributed by atoms with Crippen molar-refractivity contribution >= 4 is 9.84 Å². The summed E-state index contributed by atoms with van der Waals surface area (Å²) in [4.78, 5) is 0. The third kappa shape index (κ3) is 3.95. The molecule has 2 N–H and O–H groups in total. The number of hydrogen-bond donors (Lipinski definition) is 1. The maximum Gasteiger partial charge on any atom is 0.147 e. The fraction of sp³-hybridized carbons (Fsp3) is 1.00. The molecular formula is C14H27NO2S. The third-order valence-electron chi connectivity index (χ3n) is 5.01. The maximum absolute atomic E-state index is 11.2.